The van der Waals surface area contributed by atoms with E-state index in [1.54, 1.807) is 7.11 Å². The fourth-order valence-electron chi connectivity index (χ4n) is 2.09. The minimum Gasteiger partial charge on any atom is -0.497 e. The summed E-state index contributed by atoms with van der Waals surface area (Å²) in [5.74, 6) is 0.920. The summed E-state index contributed by atoms with van der Waals surface area (Å²) in [7, 11) is 3.85. The number of hydrogen-bond donors (Lipinski definition) is 1. The molecule has 0 bridgehead atoms. The zero-order chi connectivity index (χ0) is 15.0. The van der Waals surface area contributed by atoms with Gasteiger partial charge >= 0.3 is 0 Å². The zero-order valence-electron chi connectivity index (χ0n) is 13.7. The molecule has 0 fully saturated rings. The molecule has 1 aromatic rings. The smallest absolute Gasteiger partial charge is 0.120 e. The molecule has 0 spiro atoms. The molecule has 0 atom stereocenters. The van der Waals surface area contributed by atoms with Crippen molar-refractivity contribution in [1.29, 1.82) is 0 Å². The van der Waals surface area contributed by atoms with Gasteiger partial charge in [-0.3, -0.25) is 0 Å². The van der Waals surface area contributed by atoms with Crippen molar-refractivity contribution in [2.45, 2.75) is 45.6 Å². The summed E-state index contributed by atoms with van der Waals surface area (Å²) in [6.07, 6.45) is 3.72. The number of nitrogens with one attached hydrogen (secondary N) is 1. The van der Waals surface area contributed by atoms with E-state index in [4.69, 9.17) is 4.74 Å². The average molecular weight is 278 g/mol. The fourth-order valence-corrected chi connectivity index (χ4v) is 2.09. The van der Waals surface area contributed by atoms with E-state index in [-0.39, 0.29) is 5.54 Å². The van der Waals surface area contributed by atoms with Crippen molar-refractivity contribution in [3.63, 3.8) is 0 Å². The number of benzene rings is 1. The SMILES string of the molecule is COc1cccc(N(C)CCCCCNC(C)(C)C)c1. The molecule has 3 nitrogen and oxygen atoms in total. The Hall–Kier alpha value is -1.22. The van der Waals surface area contributed by atoms with Gasteiger partial charge in [0.25, 0.3) is 0 Å². The third-order valence-corrected chi connectivity index (χ3v) is 3.32. The molecule has 3 heteroatoms. The van der Waals surface area contributed by atoms with E-state index >= 15 is 0 Å². The van der Waals surface area contributed by atoms with E-state index in [1.807, 2.05) is 12.1 Å². The molecule has 0 unspecified atom stereocenters. The lowest BCUT2D eigenvalue weighted by atomic mass is 10.1. The average Bonchev–Trinajstić information content (AvgIpc) is 2.41. The number of nitrogens with zero attached hydrogens (tertiary/aromatic N) is 1. The van der Waals surface area contributed by atoms with Gasteiger partial charge in [0.2, 0.25) is 0 Å². The van der Waals surface area contributed by atoms with Gasteiger partial charge < -0.3 is 15.0 Å². The first-order chi connectivity index (χ1) is 9.42. The summed E-state index contributed by atoms with van der Waals surface area (Å²) in [5.41, 5.74) is 1.45. The van der Waals surface area contributed by atoms with Crippen LogP contribution >= 0.6 is 0 Å². The first kappa shape index (κ1) is 16.8. The molecule has 0 radical (unpaired) electrons. The summed E-state index contributed by atoms with van der Waals surface area (Å²) >= 11 is 0. The van der Waals surface area contributed by atoms with Crippen molar-refractivity contribution >= 4 is 5.69 Å². The normalized spacial score (nSPS) is 11.4. The number of unbranched alkanes of at least 4 members (excludes halogenated alkanes) is 2. The highest BCUT2D eigenvalue weighted by molar-refractivity contribution is 5.49. The van der Waals surface area contributed by atoms with Crippen LogP contribution in [0.4, 0.5) is 5.69 Å². The standard InChI is InChI=1S/C17H30N2O/c1-17(2,3)18-12-7-6-8-13-19(4)15-10-9-11-16(14-15)20-5/h9-11,14,18H,6-8,12-13H2,1-5H3. The van der Waals surface area contributed by atoms with Gasteiger partial charge in [-0.25, -0.2) is 0 Å². The molecular formula is C17H30N2O. The number of anilines is 1. The molecule has 0 amide bonds. The van der Waals surface area contributed by atoms with Crippen LogP contribution in [0.1, 0.15) is 40.0 Å². The first-order valence-electron chi connectivity index (χ1n) is 7.52. The van der Waals surface area contributed by atoms with Crippen molar-refractivity contribution in [2.24, 2.45) is 0 Å². The third-order valence-electron chi connectivity index (χ3n) is 3.32. The number of methoxy groups -OCH3 is 1. The number of ether oxygens (including phenoxy) is 1. The van der Waals surface area contributed by atoms with Crippen LogP contribution in [0.2, 0.25) is 0 Å². The van der Waals surface area contributed by atoms with Crippen LogP contribution in [-0.4, -0.2) is 32.8 Å². The second-order valence-corrected chi connectivity index (χ2v) is 6.36. The largest absolute Gasteiger partial charge is 0.497 e. The van der Waals surface area contributed by atoms with Gasteiger partial charge in [0.15, 0.2) is 0 Å². The molecule has 0 aliphatic heterocycles. The quantitative estimate of drug-likeness (QED) is 0.734. The Labute approximate surface area is 124 Å². The summed E-state index contributed by atoms with van der Waals surface area (Å²) < 4.78 is 5.26. The van der Waals surface area contributed by atoms with Crippen LogP contribution in [-0.2, 0) is 0 Å². The maximum Gasteiger partial charge on any atom is 0.120 e. The number of rotatable bonds is 8. The van der Waals surface area contributed by atoms with Crippen LogP contribution < -0.4 is 15.0 Å². The van der Waals surface area contributed by atoms with Gasteiger partial charge in [0, 0.05) is 30.9 Å². The molecule has 0 aliphatic carbocycles. The highest BCUT2D eigenvalue weighted by Gasteiger charge is 2.07. The molecule has 114 valence electrons. The van der Waals surface area contributed by atoms with Gasteiger partial charge in [-0.05, 0) is 52.3 Å². The van der Waals surface area contributed by atoms with Crippen molar-refractivity contribution in [2.75, 3.05) is 32.1 Å². The molecular weight excluding hydrogens is 248 g/mol. The highest BCUT2D eigenvalue weighted by atomic mass is 16.5. The molecule has 0 saturated heterocycles. The molecule has 20 heavy (non-hydrogen) atoms. The van der Waals surface area contributed by atoms with Crippen LogP contribution in [0.5, 0.6) is 5.75 Å². The maximum absolute atomic E-state index is 5.26. The molecule has 0 aromatic heterocycles. The summed E-state index contributed by atoms with van der Waals surface area (Å²) in [5, 5.41) is 3.53. The zero-order valence-corrected chi connectivity index (χ0v) is 13.7. The Morgan fingerprint density at radius 2 is 1.90 bits per heavy atom. The Balaban J connectivity index is 2.21. The van der Waals surface area contributed by atoms with E-state index in [1.165, 1.54) is 24.9 Å². The van der Waals surface area contributed by atoms with Gasteiger partial charge in [-0.15, -0.1) is 0 Å². The van der Waals surface area contributed by atoms with E-state index in [0.717, 1.165) is 18.8 Å². The maximum atomic E-state index is 5.26. The van der Waals surface area contributed by atoms with Crippen LogP contribution in [0.15, 0.2) is 24.3 Å². The Morgan fingerprint density at radius 3 is 2.55 bits per heavy atom. The Morgan fingerprint density at radius 1 is 1.15 bits per heavy atom. The summed E-state index contributed by atoms with van der Waals surface area (Å²) in [6, 6.07) is 8.23. The summed E-state index contributed by atoms with van der Waals surface area (Å²) in [4.78, 5) is 2.29. The fraction of sp³-hybridized carbons (Fsp3) is 0.647. The lowest BCUT2D eigenvalue weighted by molar-refractivity contribution is 0.414. The van der Waals surface area contributed by atoms with Crippen molar-refractivity contribution < 1.29 is 4.74 Å². The van der Waals surface area contributed by atoms with E-state index in [0.29, 0.717) is 0 Å². The summed E-state index contributed by atoms with van der Waals surface area (Å²) in [6.45, 7) is 8.83. The highest BCUT2D eigenvalue weighted by Crippen LogP contribution is 2.20. The van der Waals surface area contributed by atoms with E-state index in [9.17, 15) is 0 Å². The first-order valence-corrected chi connectivity index (χ1v) is 7.52. The molecule has 0 saturated carbocycles. The molecule has 1 rings (SSSR count). The minimum atomic E-state index is 0.234. The van der Waals surface area contributed by atoms with Gasteiger partial charge in [0.1, 0.15) is 5.75 Å². The predicted octanol–water partition coefficient (Wildman–Crippen LogP) is 3.69. The van der Waals surface area contributed by atoms with Crippen LogP contribution in [0.3, 0.4) is 0 Å². The van der Waals surface area contributed by atoms with Crippen molar-refractivity contribution in [3.05, 3.63) is 24.3 Å². The Bertz CT molecular complexity index is 385. The van der Waals surface area contributed by atoms with Gasteiger partial charge in [0.05, 0.1) is 7.11 Å². The van der Waals surface area contributed by atoms with E-state index in [2.05, 4.69) is 50.2 Å². The van der Waals surface area contributed by atoms with Crippen molar-refractivity contribution in [3.8, 4) is 5.75 Å². The topological polar surface area (TPSA) is 24.5 Å². The molecule has 1 N–H and O–H groups in total. The predicted molar refractivity (Wildman–Crippen MR) is 87.9 cm³/mol. The Kier molecular flexibility index (Phi) is 6.86. The van der Waals surface area contributed by atoms with Crippen LogP contribution in [0, 0.1) is 0 Å². The third kappa shape index (κ3) is 6.80. The van der Waals surface area contributed by atoms with Crippen LogP contribution in [0.25, 0.3) is 0 Å². The van der Waals surface area contributed by atoms with Gasteiger partial charge in [-0.2, -0.15) is 0 Å². The molecule has 0 heterocycles. The van der Waals surface area contributed by atoms with E-state index < -0.39 is 0 Å². The number of hydrogen-bond acceptors (Lipinski definition) is 3. The lowest BCUT2D eigenvalue weighted by Crippen LogP contribution is -2.36. The van der Waals surface area contributed by atoms with Crippen molar-refractivity contribution in [1.82, 2.24) is 5.32 Å². The second kappa shape index (κ2) is 8.15. The minimum absolute atomic E-state index is 0.234. The molecule has 1 aromatic carbocycles. The molecule has 0 aliphatic rings. The van der Waals surface area contributed by atoms with Gasteiger partial charge in [-0.1, -0.05) is 12.5 Å². The monoisotopic (exact) mass is 278 g/mol. The second-order valence-electron chi connectivity index (χ2n) is 6.36. The lowest BCUT2D eigenvalue weighted by Gasteiger charge is -2.21.